The predicted molar refractivity (Wildman–Crippen MR) is 51.9 cm³/mol. The second kappa shape index (κ2) is 5.75. The second-order valence-electron chi connectivity index (χ2n) is 3.44. The molecule has 0 bridgehead atoms. The zero-order valence-electron chi connectivity index (χ0n) is 8.62. The first-order valence-corrected chi connectivity index (χ1v) is 5.12. The molecule has 0 aromatic rings. The van der Waals surface area contributed by atoms with Gasteiger partial charge in [0.15, 0.2) is 0 Å². The molecule has 0 aromatic carbocycles. The van der Waals surface area contributed by atoms with Crippen molar-refractivity contribution in [1.82, 2.24) is 4.90 Å². The standard InChI is InChI=1S/C10H17NO3/c1-2-14-10(13)5-8-11-6-3-9(12)4-7-11/h2-8H2,1H3. The smallest absolute Gasteiger partial charge is 0.307 e. The summed E-state index contributed by atoms with van der Waals surface area (Å²) in [5.74, 6) is 0.182. The highest BCUT2D eigenvalue weighted by Gasteiger charge is 2.16. The van der Waals surface area contributed by atoms with Crippen LogP contribution in [0.1, 0.15) is 26.2 Å². The first kappa shape index (κ1) is 11.2. The minimum absolute atomic E-state index is 0.149. The Morgan fingerprint density at radius 2 is 2.07 bits per heavy atom. The van der Waals surface area contributed by atoms with Gasteiger partial charge < -0.3 is 9.64 Å². The molecule has 0 spiro atoms. The maximum Gasteiger partial charge on any atom is 0.307 e. The number of Topliss-reactive ketones (excluding diaryl/α,β-unsaturated/α-hetero) is 1. The van der Waals surface area contributed by atoms with Crippen LogP contribution in [0.15, 0.2) is 0 Å². The lowest BCUT2D eigenvalue weighted by molar-refractivity contribution is -0.143. The Balaban J connectivity index is 2.12. The predicted octanol–water partition coefficient (Wildman–Crippen LogP) is 0.605. The van der Waals surface area contributed by atoms with Gasteiger partial charge in [-0.05, 0) is 6.92 Å². The summed E-state index contributed by atoms with van der Waals surface area (Å²) in [6.45, 7) is 4.54. The number of carbonyl (C=O) groups is 2. The van der Waals surface area contributed by atoms with Gasteiger partial charge in [-0.25, -0.2) is 0 Å². The molecule has 0 saturated carbocycles. The van der Waals surface area contributed by atoms with Crippen molar-refractivity contribution < 1.29 is 14.3 Å². The fourth-order valence-electron chi connectivity index (χ4n) is 1.51. The zero-order chi connectivity index (χ0) is 10.4. The van der Waals surface area contributed by atoms with Crippen LogP contribution in [0, 0.1) is 0 Å². The third kappa shape index (κ3) is 3.87. The second-order valence-corrected chi connectivity index (χ2v) is 3.44. The van der Waals surface area contributed by atoms with Crippen LogP contribution in [0.2, 0.25) is 0 Å². The van der Waals surface area contributed by atoms with Crippen LogP contribution in [0.3, 0.4) is 0 Å². The number of likely N-dealkylation sites (tertiary alicyclic amines) is 1. The van der Waals surface area contributed by atoms with Crippen LogP contribution in [-0.2, 0) is 14.3 Å². The fraction of sp³-hybridized carbons (Fsp3) is 0.800. The Kier molecular flexibility index (Phi) is 4.59. The van der Waals surface area contributed by atoms with Crippen molar-refractivity contribution in [2.24, 2.45) is 0 Å². The normalized spacial score (nSPS) is 18.2. The molecule has 80 valence electrons. The summed E-state index contributed by atoms with van der Waals surface area (Å²) in [5, 5.41) is 0. The average molecular weight is 199 g/mol. The number of nitrogens with zero attached hydrogens (tertiary/aromatic N) is 1. The van der Waals surface area contributed by atoms with Crippen molar-refractivity contribution >= 4 is 11.8 Å². The fourth-order valence-corrected chi connectivity index (χ4v) is 1.51. The van der Waals surface area contributed by atoms with Gasteiger partial charge in [-0.1, -0.05) is 0 Å². The van der Waals surface area contributed by atoms with Crippen LogP contribution >= 0.6 is 0 Å². The highest BCUT2D eigenvalue weighted by Crippen LogP contribution is 2.06. The average Bonchev–Trinajstić information content (AvgIpc) is 2.17. The Morgan fingerprint density at radius 3 is 2.64 bits per heavy atom. The number of piperidine rings is 1. The lowest BCUT2D eigenvalue weighted by Crippen LogP contribution is -2.35. The quantitative estimate of drug-likeness (QED) is 0.622. The van der Waals surface area contributed by atoms with Crippen molar-refractivity contribution in [2.75, 3.05) is 26.2 Å². The van der Waals surface area contributed by atoms with Gasteiger partial charge in [-0.2, -0.15) is 0 Å². The maximum absolute atomic E-state index is 11.0. The van der Waals surface area contributed by atoms with E-state index in [0.717, 1.165) is 13.1 Å². The molecule has 1 heterocycles. The number of ketones is 1. The molecule has 0 atom stereocenters. The molecule has 0 aliphatic carbocycles. The highest BCUT2D eigenvalue weighted by molar-refractivity contribution is 5.79. The van der Waals surface area contributed by atoms with Gasteiger partial charge in [0, 0.05) is 32.5 Å². The molecule has 4 heteroatoms. The van der Waals surface area contributed by atoms with E-state index in [2.05, 4.69) is 4.90 Å². The van der Waals surface area contributed by atoms with E-state index in [1.165, 1.54) is 0 Å². The molecule has 1 aliphatic heterocycles. The summed E-state index contributed by atoms with van der Waals surface area (Å²) in [5.41, 5.74) is 0. The summed E-state index contributed by atoms with van der Waals surface area (Å²) >= 11 is 0. The number of carbonyl (C=O) groups excluding carboxylic acids is 2. The van der Waals surface area contributed by atoms with Crippen molar-refractivity contribution in [2.45, 2.75) is 26.2 Å². The lowest BCUT2D eigenvalue weighted by Gasteiger charge is -2.25. The SMILES string of the molecule is CCOC(=O)CCN1CCC(=O)CC1. The molecule has 1 fully saturated rings. The van der Waals surface area contributed by atoms with Crippen molar-refractivity contribution in [3.05, 3.63) is 0 Å². The van der Waals surface area contributed by atoms with Crippen LogP contribution in [0.5, 0.6) is 0 Å². The van der Waals surface area contributed by atoms with Crippen molar-refractivity contribution in [3.8, 4) is 0 Å². The molecule has 4 nitrogen and oxygen atoms in total. The van der Waals surface area contributed by atoms with E-state index in [1.807, 2.05) is 0 Å². The molecule has 0 aromatic heterocycles. The summed E-state index contributed by atoms with van der Waals surface area (Å²) < 4.78 is 4.82. The van der Waals surface area contributed by atoms with E-state index in [9.17, 15) is 9.59 Å². The van der Waals surface area contributed by atoms with Crippen LogP contribution in [0.4, 0.5) is 0 Å². The van der Waals surface area contributed by atoms with Crippen LogP contribution < -0.4 is 0 Å². The number of esters is 1. The Morgan fingerprint density at radius 1 is 1.43 bits per heavy atom. The van der Waals surface area contributed by atoms with Gasteiger partial charge in [0.2, 0.25) is 0 Å². The summed E-state index contributed by atoms with van der Waals surface area (Å²) in [4.78, 5) is 24.1. The zero-order valence-corrected chi connectivity index (χ0v) is 8.62. The molecule has 1 saturated heterocycles. The topological polar surface area (TPSA) is 46.6 Å². The summed E-state index contributed by atoms with van der Waals surface area (Å²) in [6, 6.07) is 0. The largest absolute Gasteiger partial charge is 0.466 e. The first-order valence-electron chi connectivity index (χ1n) is 5.12. The Labute approximate surface area is 84.2 Å². The molecule has 1 rings (SSSR count). The molecular formula is C10H17NO3. The number of rotatable bonds is 4. The minimum Gasteiger partial charge on any atom is -0.466 e. The molecule has 14 heavy (non-hydrogen) atoms. The van der Waals surface area contributed by atoms with E-state index >= 15 is 0 Å². The Bertz CT molecular complexity index is 205. The minimum atomic E-state index is -0.149. The molecule has 0 unspecified atom stereocenters. The maximum atomic E-state index is 11.0. The molecule has 0 amide bonds. The first-order chi connectivity index (χ1) is 6.72. The lowest BCUT2D eigenvalue weighted by atomic mass is 10.1. The van der Waals surface area contributed by atoms with Crippen LogP contribution in [0.25, 0.3) is 0 Å². The number of hydrogen-bond acceptors (Lipinski definition) is 4. The van der Waals surface area contributed by atoms with Gasteiger partial charge in [-0.15, -0.1) is 0 Å². The summed E-state index contributed by atoms with van der Waals surface area (Å²) in [7, 11) is 0. The highest BCUT2D eigenvalue weighted by atomic mass is 16.5. The van der Waals surface area contributed by atoms with Gasteiger partial charge in [0.05, 0.1) is 13.0 Å². The molecular weight excluding hydrogens is 182 g/mol. The molecule has 1 aliphatic rings. The van der Waals surface area contributed by atoms with Gasteiger partial charge in [-0.3, -0.25) is 9.59 Å². The number of hydrogen-bond donors (Lipinski definition) is 0. The molecule has 0 N–H and O–H groups in total. The Hall–Kier alpha value is -0.900. The number of ether oxygens (including phenoxy) is 1. The third-order valence-electron chi connectivity index (χ3n) is 2.35. The van der Waals surface area contributed by atoms with E-state index in [4.69, 9.17) is 4.74 Å². The van der Waals surface area contributed by atoms with E-state index in [0.29, 0.717) is 38.2 Å². The third-order valence-corrected chi connectivity index (χ3v) is 2.35. The van der Waals surface area contributed by atoms with Crippen LogP contribution in [-0.4, -0.2) is 42.9 Å². The van der Waals surface area contributed by atoms with Gasteiger partial charge in [0.1, 0.15) is 5.78 Å². The monoisotopic (exact) mass is 199 g/mol. The molecule has 0 radical (unpaired) electrons. The summed E-state index contributed by atoms with van der Waals surface area (Å²) in [6.07, 6.45) is 1.69. The van der Waals surface area contributed by atoms with E-state index in [1.54, 1.807) is 6.92 Å². The van der Waals surface area contributed by atoms with E-state index in [-0.39, 0.29) is 5.97 Å². The van der Waals surface area contributed by atoms with Gasteiger partial charge >= 0.3 is 5.97 Å². The van der Waals surface area contributed by atoms with Crippen molar-refractivity contribution in [3.63, 3.8) is 0 Å². The van der Waals surface area contributed by atoms with Gasteiger partial charge in [0.25, 0.3) is 0 Å². The van der Waals surface area contributed by atoms with Crippen molar-refractivity contribution in [1.29, 1.82) is 0 Å². The van der Waals surface area contributed by atoms with E-state index < -0.39 is 0 Å².